The number of carbonyl (C=O) groups excluding carboxylic acids is 3. The number of amidine groups is 1. The van der Waals surface area contributed by atoms with Crippen molar-refractivity contribution in [3.05, 3.63) is 72.1 Å². The Labute approximate surface area is 197 Å². The third kappa shape index (κ3) is 6.61. The van der Waals surface area contributed by atoms with Crippen LogP contribution in [-0.4, -0.2) is 41.8 Å². The van der Waals surface area contributed by atoms with Crippen molar-refractivity contribution < 1.29 is 19.1 Å². The van der Waals surface area contributed by atoms with Gasteiger partial charge in [-0.05, 0) is 48.4 Å². The largest absolute Gasteiger partial charge is 0.466 e. The molecule has 0 aliphatic heterocycles. The molecule has 0 radical (unpaired) electrons. The third-order valence-corrected chi connectivity index (χ3v) is 4.90. The average Bonchev–Trinajstić information content (AvgIpc) is 2.82. The minimum Gasteiger partial charge on any atom is -0.466 e. The second-order valence-electron chi connectivity index (χ2n) is 7.57. The van der Waals surface area contributed by atoms with Crippen LogP contribution < -0.4 is 16.4 Å². The Morgan fingerprint density at radius 2 is 1.94 bits per heavy atom. The fourth-order valence-corrected chi connectivity index (χ4v) is 3.47. The van der Waals surface area contributed by atoms with Gasteiger partial charge in [-0.25, -0.2) is 4.99 Å². The maximum Gasteiger partial charge on any atom is 0.308 e. The molecule has 3 aromatic rings. The number of esters is 1. The second kappa shape index (κ2) is 11.6. The average molecular weight is 462 g/mol. The molecule has 3 rings (SSSR count). The van der Waals surface area contributed by atoms with Gasteiger partial charge in [0.05, 0.1) is 37.1 Å². The molecule has 1 atom stereocenters. The number of aromatic nitrogens is 1. The van der Waals surface area contributed by atoms with E-state index in [2.05, 4.69) is 20.6 Å². The molecule has 0 aliphatic rings. The van der Waals surface area contributed by atoms with Crippen molar-refractivity contribution >= 4 is 40.1 Å². The van der Waals surface area contributed by atoms with Gasteiger partial charge < -0.3 is 21.1 Å². The monoisotopic (exact) mass is 461 g/mol. The van der Waals surface area contributed by atoms with E-state index in [-0.39, 0.29) is 19.6 Å². The molecule has 0 saturated carbocycles. The van der Waals surface area contributed by atoms with E-state index in [4.69, 9.17) is 10.5 Å². The van der Waals surface area contributed by atoms with Crippen LogP contribution >= 0.6 is 0 Å². The molecule has 176 valence electrons. The maximum absolute atomic E-state index is 13.0. The molecule has 0 spiro atoms. The van der Waals surface area contributed by atoms with Crippen molar-refractivity contribution in [2.24, 2.45) is 10.7 Å². The highest BCUT2D eigenvalue weighted by atomic mass is 16.5. The van der Waals surface area contributed by atoms with Crippen LogP contribution in [-0.2, 0) is 14.3 Å². The Morgan fingerprint density at radius 3 is 2.65 bits per heavy atom. The number of rotatable bonds is 9. The summed E-state index contributed by atoms with van der Waals surface area (Å²) in [4.78, 5) is 45.9. The minimum absolute atomic E-state index is 0.0532. The number of fused-ring (bicyclic) bond motifs is 1. The number of nitrogens with one attached hydrogen (secondary N) is 2. The first-order valence-electron chi connectivity index (χ1n) is 10.8. The van der Waals surface area contributed by atoms with Crippen LogP contribution in [0.4, 0.5) is 5.69 Å². The molecule has 0 bridgehead atoms. The molecule has 4 N–H and O–H groups in total. The molecule has 1 heterocycles. The van der Waals surface area contributed by atoms with E-state index >= 15 is 0 Å². The van der Waals surface area contributed by atoms with Crippen molar-refractivity contribution in [3.8, 4) is 0 Å². The normalized spacial score (nSPS) is 12.1. The Bertz CT molecular complexity index is 1210. The number of hydrogen-bond acceptors (Lipinski definition) is 6. The number of hydrogen-bond donors (Lipinski definition) is 3. The molecule has 0 aliphatic carbocycles. The highest BCUT2D eigenvalue weighted by Gasteiger charge is 2.20. The number of carbonyl (C=O) groups is 3. The summed E-state index contributed by atoms with van der Waals surface area (Å²) < 4.78 is 5.01. The lowest BCUT2D eigenvalue weighted by atomic mass is 10.0. The Kier molecular flexibility index (Phi) is 8.28. The predicted molar refractivity (Wildman–Crippen MR) is 130 cm³/mol. The lowest BCUT2D eigenvalue weighted by Crippen LogP contribution is -2.39. The first-order chi connectivity index (χ1) is 16.4. The van der Waals surface area contributed by atoms with Crippen molar-refractivity contribution in [1.82, 2.24) is 15.6 Å². The molecule has 9 nitrogen and oxygen atoms in total. The molecule has 2 amide bonds. The number of pyridine rings is 1. The first-order valence-corrected chi connectivity index (χ1v) is 10.8. The SMILES string of the molecule is CCOC(=O)CC(NC(=O)CNC(=O)c1cc(N=C(C)N)cc2ccccc12)c1cccnc1. The van der Waals surface area contributed by atoms with E-state index in [9.17, 15) is 14.4 Å². The number of amides is 2. The molecule has 2 aromatic carbocycles. The smallest absolute Gasteiger partial charge is 0.308 e. The predicted octanol–water partition coefficient (Wildman–Crippen LogP) is 2.78. The highest BCUT2D eigenvalue weighted by Crippen LogP contribution is 2.26. The molecular formula is C25H27N5O4. The van der Waals surface area contributed by atoms with Crippen LogP contribution in [0.3, 0.4) is 0 Å². The van der Waals surface area contributed by atoms with E-state index in [1.54, 1.807) is 44.4 Å². The first kappa shape index (κ1) is 24.4. The van der Waals surface area contributed by atoms with E-state index < -0.39 is 23.8 Å². The van der Waals surface area contributed by atoms with Crippen LogP contribution in [0.15, 0.2) is 65.9 Å². The van der Waals surface area contributed by atoms with Gasteiger partial charge in [0, 0.05) is 18.0 Å². The van der Waals surface area contributed by atoms with E-state index in [0.717, 1.165) is 10.8 Å². The van der Waals surface area contributed by atoms with Gasteiger partial charge in [0.25, 0.3) is 5.91 Å². The van der Waals surface area contributed by atoms with Crippen LogP contribution in [0.1, 0.15) is 42.2 Å². The third-order valence-electron chi connectivity index (χ3n) is 4.90. The molecule has 0 saturated heterocycles. The van der Waals surface area contributed by atoms with Crippen molar-refractivity contribution in [2.75, 3.05) is 13.2 Å². The van der Waals surface area contributed by atoms with E-state index in [0.29, 0.717) is 22.6 Å². The van der Waals surface area contributed by atoms with Crippen LogP contribution in [0.25, 0.3) is 10.8 Å². The lowest BCUT2D eigenvalue weighted by molar-refractivity contribution is -0.143. The Balaban J connectivity index is 1.73. The van der Waals surface area contributed by atoms with Gasteiger partial charge >= 0.3 is 5.97 Å². The quantitative estimate of drug-likeness (QED) is 0.255. The molecule has 34 heavy (non-hydrogen) atoms. The lowest BCUT2D eigenvalue weighted by Gasteiger charge is -2.18. The molecule has 0 fully saturated rings. The summed E-state index contributed by atoms with van der Waals surface area (Å²) in [6.45, 7) is 3.33. The van der Waals surface area contributed by atoms with Gasteiger partial charge in [-0.15, -0.1) is 0 Å². The van der Waals surface area contributed by atoms with Crippen molar-refractivity contribution in [1.29, 1.82) is 0 Å². The van der Waals surface area contributed by atoms with Gasteiger partial charge in [0.15, 0.2) is 0 Å². The molecule has 1 aromatic heterocycles. The zero-order valence-corrected chi connectivity index (χ0v) is 19.1. The topological polar surface area (TPSA) is 136 Å². The Morgan fingerprint density at radius 1 is 1.15 bits per heavy atom. The van der Waals surface area contributed by atoms with Gasteiger partial charge in [-0.2, -0.15) is 0 Å². The summed E-state index contributed by atoms with van der Waals surface area (Å²) in [7, 11) is 0. The summed E-state index contributed by atoms with van der Waals surface area (Å²) in [6, 6.07) is 13.7. The molecular weight excluding hydrogens is 434 g/mol. The number of nitrogens with two attached hydrogens (primary N) is 1. The number of benzene rings is 2. The van der Waals surface area contributed by atoms with E-state index in [1.165, 1.54) is 0 Å². The number of aliphatic imine (C=N–C) groups is 1. The van der Waals surface area contributed by atoms with Crippen LogP contribution in [0.2, 0.25) is 0 Å². The minimum atomic E-state index is -0.636. The number of nitrogens with zero attached hydrogens (tertiary/aromatic N) is 2. The Hall–Kier alpha value is -4.27. The number of ether oxygens (including phenoxy) is 1. The van der Waals surface area contributed by atoms with Crippen molar-refractivity contribution in [3.63, 3.8) is 0 Å². The van der Waals surface area contributed by atoms with Gasteiger partial charge in [0.1, 0.15) is 0 Å². The molecule has 9 heteroatoms. The second-order valence-corrected chi connectivity index (χ2v) is 7.57. The highest BCUT2D eigenvalue weighted by molar-refractivity contribution is 6.09. The summed E-state index contributed by atoms with van der Waals surface area (Å²) in [5.74, 6) is -0.965. The van der Waals surface area contributed by atoms with Gasteiger partial charge in [-0.3, -0.25) is 19.4 Å². The molecule has 1 unspecified atom stereocenters. The van der Waals surface area contributed by atoms with Crippen molar-refractivity contribution in [2.45, 2.75) is 26.3 Å². The summed E-state index contributed by atoms with van der Waals surface area (Å²) in [5.41, 5.74) is 7.27. The standard InChI is InChI=1S/C25H27N5O4/c1-3-34-24(32)13-22(18-8-6-10-27-14-18)30-23(31)15-28-25(33)21-12-19(29-16(2)26)11-17-7-4-5-9-20(17)21/h4-12,14,22H,3,13,15H2,1-2H3,(H2,26,29)(H,28,33)(H,30,31). The summed E-state index contributed by atoms with van der Waals surface area (Å²) in [6.07, 6.45) is 3.12. The maximum atomic E-state index is 13.0. The van der Waals surface area contributed by atoms with Gasteiger partial charge in [0.2, 0.25) is 5.91 Å². The fourth-order valence-electron chi connectivity index (χ4n) is 3.47. The van der Waals surface area contributed by atoms with Gasteiger partial charge in [-0.1, -0.05) is 30.3 Å². The van der Waals surface area contributed by atoms with Crippen LogP contribution in [0, 0.1) is 0 Å². The summed E-state index contributed by atoms with van der Waals surface area (Å²) >= 11 is 0. The zero-order valence-electron chi connectivity index (χ0n) is 19.1. The zero-order chi connectivity index (χ0) is 24.5. The van der Waals surface area contributed by atoms with Crippen LogP contribution in [0.5, 0.6) is 0 Å². The summed E-state index contributed by atoms with van der Waals surface area (Å²) in [5, 5.41) is 6.97. The fraction of sp³-hybridized carbons (Fsp3) is 0.240. The van der Waals surface area contributed by atoms with E-state index in [1.807, 2.05) is 30.3 Å².